The lowest BCUT2D eigenvalue weighted by Crippen LogP contribution is -2.44. The minimum atomic E-state index is 0.466. The summed E-state index contributed by atoms with van der Waals surface area (Å²) in [5.74, 6) is 1.69. The minimum absolute atomic E-state index is 0.466. The van der Waals surface area contributed by atoms with E-state index in [9.17, 15) is 0 Å². The van der Waals surface area contributed by atoms with Crippen molar-refractivity contribution in [2.24, 2.45) is 16.3 Å². The van der Waals surface area contributed by atoms with Crippen molar-refractivity contribution in [2.75, 3.05) is 40.4 Å². The first-order chi connectivity index (χ1) is 9.13. The molecule has 0 bridgehead atoms. The highest BCUT2D eigenvalue weighted by Crippen LogP contribution is 2.36. The molecule has 110 valence electrons. The highest BCUT2D eigenvalue weighted by molar-refractivity contribution is 5.79. The van der Waals surface area contributed by atoms with Crippen LogP contribution in [0.5, 0.6) is 0 Å². The molecule has 1 heterocycles. The molecule has 1 atom stereocenters. The molecule has 0 amide bonds. The number of ether oxygens (including phenoxy) is 1. The Morgan fingerprint density at radius 2 is 2.16 bits per heavy atom. The van der Waals surface area contributed by atoms with Crippen molar-refractivity contribution in [3.8, 4) is 0 Å². The number of nitrogens with zero attached hydrogens (tertiary/aromatic N) is 2. The summed E-state index contributed by atoms with van der Waals surface area (Å²) in [4.78, 5) is 6.66. The second kappa shape index (κ2) is 6.60. The average Bonchev–Trinajstić information content (AvgIpc) is 3.02. The van der Waals surface area contributed by atoms with E-state index in [1.54, 1.807) is 0 Å². The van der Waals surface area contributed by atoms with Crippen LogP contribution in [0.25, 0.3) is 0 Å². The highest BCUT2D eigenvalue weighted by Gasteiger charge is 2.29. The predicted octanol–water partition coefficient (Wildman–Crippen LogP) is 2.11. The topological polar surface area (TPSA) is 36.9 Å². The van der Waals surface area contributed by atoms with Gasteiger partial charge in [0.2, 0.25) is 0 Å². The molecule has 0 aromatic rings. The minimum Gasteiger partial charge on any atom is -0.381 e. The first kappa shape index (κ1) is 14.6. The van der Waals surface area contributed by atoms with E-state index >= 15 is 0 Å². The van der Waals surface area contributed by atoms with Crippen LogP contribution in [0.15, 0.2) is 4.99 Å². The highest BCUT2D eigenvalue weighted by atomic mass is 16.5. The lowest BCUT2D eigenvalue weighted by atomic mass is 9.89. The molecule has 1 aliphatic heterocycles. The summed E-state index contributed by atoms with van der Waals surface area (Å²) in [6, 6.07) is 0. The molecular weight excluding hydrogens is 238 g/mol. The molecule has 19 heavy (non-hydrogen) atoms. The quantitative estimate of drug-likeness (QED) is 0.626. The maximum absolute atomic E-state index is 5.44. The van der Waals surface area contributed by atoms with Gasteiger partial charge in [-0.1, -0.05) is 19.8 Å². The molecule has 1 saturated carbocycles. The molecule has 0 aromatic carbocycles. The van der Waals surface area contributed by atoms with E-state index in [4.69, 9.17) is 4.74 Å². The summed E-state index contributed by atoms with van der Waals surface area (Å²) >= 11 is 0. The van der Waals surface area contributed by atoms with Gasteiger partial charge in [-0.15, -0.1) is 0 Å². The molecule has 1 N–H and O–H groups in total. The molecule has 1 aliphatic carbocycles. The lowest BCUT2D eigenvalue weighted by molar-refractivity contribution is 0.181. The number of hydrogen-bond acceptors (Lipinski definition) is 2. The van der Waals surface area contributed by atoms with Gasteiger partial charge in [0.15, 0.2) is 5.96 Å². The van der Waals surface area contributed by atoms with E-state index in [-0.39, 0.29) is 0 Å². The van der Waals surface area contributed by atoms with Gasteiger partial charge in [0.05, 0.1) is 6.61 Å². The van der Waals surface area contributed by atoms with Crippen molar-refractivity contribution < 1.29 is 4.74 Å². The van der Waals surface area contributed by atoms with Crippen molar-refractivity contribution in [3.63, 3.8) is 0 Å². The van der Waals surface area contributed by atoms with Gasteiger partial charge in [-0.2, -0.15) is 0 Å². The molecule has 0 spiro atoms. The fourth-order valence-electron chi connectivity index (χ4n) is 3.28. The normalized spacial score (nSPS) is 26.7. The zero-order valence-electron chi connectivity index (χ0n) is 12.7. The molecule has 2 rings (SSSR count). The van der Waals surface area contributed by atoms with Crippen LogP contribution in [0.3, 0.4) is 0 Å². The van der Waals surface area contributed by atoms with Gasteiger partial charge in [0.25, 0.3) is 0 Å². The van der Waals surface area contributed by atoms with Crippen molar-refractivity contribution >= 4 is 5.96 Å². The van der Waals surface area contributed by atoms with Crippen LogP contribution < -0.4 is 5.32 Å². The molecule has 0 radical (unpaired) electrons. The molecule has 1 unspecified atom stereocenters. The molecule has 0 aromatic heterocycles. The molecule has 2 fully saturated rings. The second-order valence-corrected chi connectivity index (χ2v) is 6.53. The Morgan fingerprint density at radius 3 is 2.74 bits per heavy atom. The van der Waals surface area contributed by atoms with Crippen LogP contribution in [-0.2, 0) is 4.74 Å². The second-order valence-electron chi connectivity index (χ2n) is 6.53. The zero-order valence-corrected chi connectivity index (χ0v) is 12.7. The third kappa shape index (κ3) is 4.10. The standard InChI is InChI=1S/C15H29N3O/c1-15(7-4-5-8-15)12-17-14(16-2)18(3)10-13-6-9-19-11-13/h13H,4-12H2,1-3H3,(H,16,17). The Bertz CT molecular complexity index is 305. The smallest absolute Gasteiger partial charge is 0.193 e. The Labute approximate surface area is 117 Å². The molecule has 4 heteroatoms. The number of hydrogen-bond donors (Lipinski definition) is 1. The Balaban J connectivity index is 1.78. The maximum atomic E-state index is 5.44. The van der Waals surface area contributed by atoms with Crippen molar-refractivity contribution in [3.05, 3.63) is 0 Å². The molecular formula is C15H29N3O. The monoisotopic (exact) mass is 267 g/mol. The zero-order chi connectivity index (χ0) is 13.7. The number of aliphatic imine (C=N–C) groups is 1. The van der Waals surface area contributed by atoms with E-state index in [0.29, 0.717) is 11.3 Å². The summed E-state index contributed by atoms with van der Waals surface area (Å²) in [5, 5.41) is 3.56. The van der Waals surface area contributed by atoms with Gasteiger partial charge in [0, 0.05) is 39.7 Å². The summed E-state index contributed by atoms with van der Waals surface area (Å²) in [7, 11) is 4.01. The summed E-state index contributed by atoms with van der Waals surface area (Å²) in [6.45, 7) is 6.30. The Kier molecular flexibility index (Phi) is 5.08. The number of rotatable bonds is 4. The number of guanidine groups is 1. The summed E-state index contributed by atoms with van der Waals surface area (Å²) in [5.41, 5.74) is 0.466. The van der Waals surface area contributed by atoms with Crippen molar-refractivity contribution in [2.45, 2.75) is 39.0 Å². The molecule has 1 saturated heterocycles. The van der Waals surface area contributed by atoms with E-state index in [0.717, 1.165) is 32.3 Å². The first-order valence-electron chi connectivity index (χ1n) is 7.62. The lowest BCUT2D eigenvalue weighted by Gasteiger charge is -2.29. The van der Waals surface area contributed by atoms with E-state index in [2.05, 4.69) is 29.2 Å². The third-order valence-corrected chi connectivity index (χ3v) is 4.61. The van der Waals surface area contributed by atoms with Crippen LogP contribution in [0.4, 0.5) is 0 Å². The van der Waals surface area contributed by atoms with Crippen LogP contribution in [0.2, 0.25) is 0 Å². The van der Waals surface area contributed by atoms with E-state index in [1.165, 1.54) is 32.1 Å². The third-order valence-electron chi connectivity index (χ3n) is 4.61. The fraction of sp³-hybridized carbons (Fsp3) is 0.933. The van der Waals surface area contributed by atoms with Gasteiger partial charge in [-0.05, 0) is 24.7 Å². The van der Waals surface area contributed by atoms with Gasteiger partial charge < -0.3 is 15.0 Å². The van der Waals surface area contributed by atoms with Crippen LogP contribution in [0, 0.1) is 11.3 Å². The fourth-order valence-corrected chi connectivity index (χ4v) is 3.28. The van der Waals surface area contributed by atoms with Crippen LogP contribution >= 0.6 is 0 Å². The van der Waals surface area contributed by atoms with Gasteiger partial charge >= 0.3 is 0 Å². The predicted molar refractivity (Wildman–Crippen MR) is 79.5 cm³/mol. The first-order valence-corrected chi connectivity index (χ1v) is 7.62. The Hall–Kier alpha value is -0.770. The van der Waals surface area contributed by atoms with Crippen molar-refractivity contribution in [1.29, 1.82) is 0 Å². The average molecular weight is 267 g/mol. The molecule has 2 aliphatic rings. The van der Waals surface area contributed by atoms with Crippen LogP contribution in [-0.4, -0.2) is 51.3 Å². The van der Waals surface area contributed by atoms with Crippen LogP contribution in [0.1, 0.15) is 39.0 Å². The van der Waals surface area contributed by atoms with Crippen molar-refractivity contribution in [1.82, 2.24) is 10.2 Å². The maximum Gasteiger partial charge on any atom is 0.193 e. The summed E-state index contributed by atoms with van der Waals surface area (Å²) in [6.07, 6.45) is 6.63. The SMILES string of the molecule is CN=C(NCC1(C)CCCC1)N(C)CC1CCOC1. The Morgan fingerprint density at radius 1 is 1.42 bits per heavy atom. The van der Waals surface area contributed by atoms with E-state index in [1.807, 2.05) is 7.05 Å². The van der Waals surface area contributed by atoms with Gasteiger partial charge in [-0.25, -0.2) is 0 Å². The van der Waals surface area contributed by atoms with E-state index < -0.39 is 0 Å². The summed E-state index contributed by atoms with van der Waals surface area (Å²) < 4.78 is 5.44. The largest absolute Gasteiger partial charge is 0.381 e. The number of nitrogens with one attached hydrogen (secondary N) is 1. The molecule has 4 nitrogen and oxygen atoms in total. The van der Waals surface area contributed by atoms with Gasteiger partial charge in [0.1, 0.15) is 0 Å². The van der Waals surface area contributed by atoms with Gasteiger partial charge in [-0.3, -0.25) is 4.99 Å².